The van der Waals surface area contributed by atoms with Crippen LogP contribution in [0.2, 0.25) is 0 Å². The van der Waals surface area contributed by atoms with Crippen LogP contribution < -0.4 is 14.8 Å². The van der Waals surface area contributed by atoms with Crippen molar-refractivity contribution in [2.45, 2.75) is 39.3 Å². The Morgan fingerprint density at radius 2 is 1.88 bits per heavy atom. The maximum absolute atomic E-state index is 13.3. The van der Waals surface area contributed by atoms with Gasteiger partial charge in [-0.25, -0.2) is 4.79 Å². The second-order valence-corrected chi connectivity index (χ2v) is 8.51. The van der Waals surface area contributed by atoms with Crippen molar-refractivity contribution < 1.29 is 28.6 Å². The predicted molar refractivity (Wildman–Crippen MR) is 120 cm³/mol. The number of benzene rings is 1. The molecule has 1 aromatic carbocycles. The molecule has 1 aromatic heterocycles. The van der Waals surface area contributed by atoms with Crippen LogP contribution >= 0.6 is 0 Å². The van der Waals surface area contributed by atoms with Gasteiger partial charge in [-0.1, -0.05) is 6.07 Å². The summed E-state index contributed by atoms with van der Waals surface area (Å²) in [4.78, 5) is 40.1. The Morgan fingerprint density at radius 3 is 2.61 bits per heavy atom. The predicted octanol–water partition coefficient (Wildman–Crippen LogP) is 2.56. The molecule has 4 rings (SSSR count). The maximum Gasteiger partial charge on any atom is 0.325 e. The lowest BCUT2D eigenvalue weighted by atomic mass is 9.91. The second-order valence-electron chi connectivity index (χ2n) is 8.51. The Bertz CT molecular complexity index is 1110. The Kier molecular flexibility index (Phi) is 6.16. The van der Waals surface area contributed by atoms with Crippen LogP contribution in [0.25, 0.3) is 0 Å². The molecule has 2 aromatic rings. The van der Waals surface area contributed by atoms with Crippen LogP contribution in [0.4, 0.5) is 4.79 Å². The van der Waals surface area contributed by atoms with Gasteiger partial charge in [0.2, 0.25) is 0 Å². The van der Waals surface area contributed by atoms with E-state index in [2.05, 4.69) is 5.32 Å². The summed E-state index contributed by atoms with van der Waals surface area (Å²) in [6.45, 7) is 7.26. The molecule has 9 nitrogen and oxygen atoms in total. The minimum atomic E-state index is -1.31. The molecule has 176 valence electrons. The molecule has 0 aliphatic carbocycles. The highest BCUT2D eigenvalue weighted by atomic mass is 16.5. The number of urea groups is 1. The fourth-order valence-electron chi connectivity index (χ4n) is 4.35. The maximum atomic E-state index is 13.3. The number of fused-ring (bicyclic) bond motifs is 1. The number of nitrogens with one attached hydrogen (secondary N) is 1. The number of imide groups is 1. The van der Waals surface area contributed by atoms with Crippen molar-refractivity contribution in [2.75, 3.05) is 33.5 Å². The van der Waals surface area contributed by atoms with E-state index >= 15 is 0 Å². The zero-order valence-electron chi connectivity index (χ0n) is 19.4. The average Bonchev–Trinajstić information content (AvgIpc) is 3.06. The fraction of sp³-hybridized carbons (Fsp3) is 0.458. The topological polar surface area (TPSA) is 99.1 Å². The highest BCUT2D eigenvalue weighted by molar-refractivity contribution is 6.11. The van der Waals surface area contributed by atoms with Crippen LogP contribution in [-0.4, -0.2) is 60.7 Å². The van der Waals surface area contributed by atoms with Gasteiger partial charge in [-0.05, 0) is 44.5 Å². The molecule has 3 heterocycles. The van der Waals surface area contributed by atoms with Crippen LogP contribution in [0.3, 0.4) is 0 Å². The van der Waals surface area contributed by atoms with Crippen molar-refractivity contribution in [3.8, 4) is 11.5 Å². The summed E-state index contributed by atoms with van der Waals surface area (Å²) < 4.78 is 18.5. The molecule has 3 amide bonds. The number of nitrogens with zero attached hydrogens (tertiary/aromatic N) is 2. The number of hydrogen-bond acceptors (Lipinski definition) is 6. The standard InChI is InChI=1S/C24H29N3O6/c1-15-12-18(16(2)26(15)8-11-31-4)19(28)14-27-22(29)24(3,25-23(27)30)17-6-7-20-21(13-17)33-10-5-9-32-20/h6-7,12-13H,5,8-11,14H2,1-4H3,(H,25,30)/t24-/m1/s1. The van der Waals surface area contributed by atoms with Crippen molar-refractivity contribution in [2.24, 2.45) is 0 Å². The molecule has 0 radical (unpaired) electrons. The van der Waals surface area contributed by atoms with Gasteiger partial charge in [0.1, 0.15) is 5.54 Å². The smallest absolute Gasteiger partial charge is 0.325 e. The van der Waals surface area contributed by atoms with Crippen molar-refractivity contribution in [1.29, 1.82) is 0 Å². The molecular weight excluding hydrogens is 426 g/mol. The van der Waals surface area contributed by atoms with Gasteiger partial charge in [0.05, 0.1) is 26.4 Å². The number of aryl methyl sites for hydroxylation is 1. The highest BCUT2D eigenvalue weighted by Gasteiger charge is 2.50. The highest BCUT2D eigenvalue weighted by Crippen LogP contribution is 2.36. The van der Waals surface area contributed by atoms with Gasteiger partial charge < -0.3 is 24.1 Å². The van der Waals surface area contributed by atoms with Gasteiger partial charge >= 0.3 is 6.03 Å². The number of aromatic nitrogens is 1. The van der Waals surface area contributed by atoms with Gasteiger partial charge in [0, 0.05) is 37.0 Å². The minimum Gasteiger partial charge on any atom is -0.490 e. The molecule has 2 aliphatic heterocycles. The minimum absolute atomic E-state index is 0.293. The molecule has 2 aliphatic rings. The van der Waals surface area contributed by atoms with E-state index in [0.717, 1.165) is 22.7 Å². The molecule has 1 fully saturated rings. The number of ether oxygens (including phenoxy) is 3. The quantitative estimate of drug-likeness (QED) is 0.509. The zero-order chi connectivity index (χ0) is 23.8. The number of methoxy groups -OCH3 is 1. The number of carbonyl (C=O) groups excluding carboxylic acids is 3. The van der Waals surface area contributed by atoms with E-state index in [-0.39, 0.29) is 12.3 Å². The zero-order valence-corrected chi connectivity index (χ0v) is 19.4. The Balaban J connectivity index is 1.55. The summed E-state index contributed by atoms with van der Waals surface area (Å²) in [6.07, 6.45) is 0.763. The molecule has 0 unspecified atom stereocenters. The first-order valence-corrected chi connectivity index (χ1v) is 11.0. The van der Waals surface area contributed by atoms with Crippen molar-refractivity contribution >= 4 is 17.7 Å². The number of hydrogen-bond donors (Lipinski definition) is 1. The van der Waals surface area contributed by atoms with Crippen molar-refractivity contribution in [3.05, 3.63) is 46.8 Å². The normalized spacial score (nSPS) is 20.1. The van der Waals surface area contributed by atoms with Crippen LogP contribution in [0.1, 0.15) is 40.7 Å². The number of Topliss-reactive ketones (excluding diaryl/α,β-unsaturated/α-hetero) is 1. The van der Waals surface area contributed by atoms with Crippen LogP contribution in [0.15, 0.2) is 24.3 Å². The summed E-state index contributed by atoms with van der Waals surface area (Å²) in [5.41, 5.74) is 1.46. The molecule has 1 N–H and O–H groups in total. The third-order valence-electron chi connectivity index (χ3n) is 6.29. The lowest BCUT2D eigenvalue weighted by molar-refractivity contribution is -0.130. The van der Waals surface area contributed by atoms with Gasteiger partial charge in [0.25, 0.3) is 5.91 Å². The van der Waals surface area contributed by atoms with Gasteiger partial charge in [-0.15, -0.1) is 0 Å². The van der Waals surface area contributed by atoms with E-state index in [1.54, 1.807) is 38.3 Å². The molecule has 0 bridgehead atoms. The van der Waals surface area contributed by atoms with Crippen LogP contribution in [-0.2, 0) is 21.6 Å². The largest absolute Gasteiger partial charge is 0.490 e. The first-order valence-electron chi connectivity index (χ1n) is 11.0. The third kappa shape index (κ3) is 4.08. The molecule has 33 heavy (non-hydrogen) atoms. The summed E-state index contributed by atoms with van der Waals surface area (Å²) in [7, 11) is 1.62. The van der Waals surface area contributed by atoms with E-state index in [9.17, 15) is 14.4 Å². The lowest BCUT2D eigenvalue weighted by Gasteiger charge is -2.23. The van der Waals surface area contributed by atoms with Crippen molar-refractivity contribution in [1.82, 2.24) is 14.8 Å². The van der Waals surface area contributed by atoms with E-state index in [1.807, 2.05) is 18.4 Å². The van der Waals surface area contributed by atoms with Crippen LogP contribution in [0.5, 0.6) is 11.5 Å². The Hall–Kier alpha value is -3.33. The summed E-state index contributed by atoms with van der Waals surface area (Å²) in [5, 5.41) is 2.75. The Labute approximate surface area is 192 Å². The first-order chi connectivity index (χ1) is 15.8. The molecule has 0 saturated carbocycles. The third-order valence-corrected chi connectivity index (χ3v) is 6.29. The fourth-order valence-corrected chi connectivity index (χ4v) is 4.35. The van der Waals surface area contributed by atoms with E-state index < -0.39 is 17.5 Å². The van der Waals surface area contributed by atoms with E-state index in [1.165, 1.54) is 0 Å². The van der Waals surface area contributed by atoms with Gasteiger partial charge in [-0.2, -0.15) is 0 Å². The molecular formula is C24H29N3O6. The van der Waals surface area contributed by atoms with E-state index in [0.29, 0.717) is 49.0 Å². The van der Waals surface area contributed by atoms with Gasteiger partial charge in [-0.3, -0.25) is 14.5 Å². The number of ketones is 1. The second kappa shape index (κ2) is 8.90. The Morgan fingerprint density at radius 1 is 1.15 bits per heavy atom. The SMILES string of the molecule is COCCn1c(C)cc(C(=O)CN2C(=O)N[C@](C)(c3ccc4c(c3)OCCCO4)C2=O)c1C. The monoisotopic (exact) mass is 455 g/mol. The molecule has 1 saturated heterocycles. The average molecular weight is 456 g/mol. The summed E-state index contributed by atoms with van der Waals surface area (Å²) >= 11 is 0. The number of carbonyl (C=O) groups is 3. The molecule has 1 atom stereocenters. The number of amides is 3. The molecule has 9 heteroatoms. The van der Waals surface area contributed by atoms with E-state index in [4.69, 9.17) is 14.2 Å². The number of rotatable bonds is 7. The lowest BCUT2D eigenvalue weighted by Crippen LogP contribution is -2.41. The first kappa shape index (κ1) is 22.8. The molecule has 0 spiro atoms. The van der Waals surface area contributed by atoms with Crippen LogP contribution in [0, 0.1) is 13.8 Å². The summed E-state index contributed by atoms with van der Waals surface area (Å²) in [6, 6.07) is 6.38. The van der Waals surface area contributed by atoms with Crippen molar-refractivity contribution in [3.63, 3.8) is 0 Å². The van der Waals surface area contributed by atoms with Gasteiger partial charge in [0.15, 0.2) is 17.3 Å². The summed E-state index contributed by atoms with van der Waals surface area (Å²) in [5.74, 6) is 0.362.